The van der Waals surface area contributed by atoms with Gasteiger partial charge in [-0.05, 0) is 60.7 Å². The van der Waals surface area contributed by atoms with E-state index < -0.39 is 5.97 Å². The van der Waals surface area contributed by atoms with Gasteiger partial charge in [-0.2, -0.15) is 0 Å². The lowest BCUT2D eigenvalue weighted by molar-refractivity contribution is 0.0734. The van der Waals surface area contributed by atoms with E-state index in [0.29, 0.717) is 34.1 Å². The number of para-hydroxylation sites is 1. The summed E-state index contributed by atoms with van der Waals surface area (Å²) < 4.78 is 21.1. The standard InChI is InChI=1S/C24H18O6/c1-27-21-5-3-2-4-17(21)8-12-20(25)16-6-10-19(11-7-16)30-24(26)18-9-13-22-23(14-18)29-15-28-22/h2-14H,15H2,1H3/b12-8+. The number of carbonyl (C=O) groups excluding carboxylic acids is 2. The van der Waals surface area contributed by atoms with Gasteiger partial charge in [0.15, 0.2) is 17.3 Å². The third-order valence-electron chi connectivity index (χ3n) is 4.51. The van der Waals surface area contributed by atoms with Crippen molar-refractivity contribution in [2.75, 3.05) is 13.9 Å². The molecule has 150 valence electrons. The average molecular weight is 402 g/mol. The highest BCUT2D eigenvalue weighted by molar-refractivity contribution is 6.07. The molecule has 30 heavy (non-hydrogen) atoms. The van der Waals surface area contributed by atoms with E-state index in [4.69, 9.17) is 18.9 Å². The van der Waals surface area contributed by atoms with Crippen molar-refractivity contribution in [3.05, 3.63) is 89.5 Å². The molecule has 0 bridgehead atoms. The van der Waals surface area contributed by atoms with Crippen LogP contribution in [0.3, 0.4) is 0 Å². The van der Waals surface area contributed by atoms with Gasteiger partial charge in [-0.3, -0.25) is 4.79 Å². The predicted octanol–water partition coefficient (Wildman–Crippen LogP) is 4.54. The highest BCUT2D eigenvalue weighted by Crippen LogP contribution is 2.32. The van der Waals surface area contributed by atoms with E-state index in [1.807, 2.05) is 24.3 Å². The van der Waals surface area contributed by atoms with E-state index >= 15 is 0 Å². The minimum atomic E-state index is -0.525. The zero-order valence-corrected chi connectivity index (χ0v) is 16.2. The molecule has 3 aromatic rings. The second-order valence-corrected chi connectivity index (χ2v) is 6.42. The number of esters is 1. The molecule has 0 N–H and O–H groups in total. The van der Waals surface area contributed by atoms with E-state index in [0.717, 1.165) is 5.56 Å². The van der Waals surface area contributed by atoms with Crippen molar-refractivity contribution in [3.8, 4) is 23.0 Å². The quantitative estimate of drug-likeness (QED) is 0.261. The van der Waals surface area contributed by atoms with Crippen molar-refractivity contribution in [1.29, 1.82) is 0 Å². The predicted molar refractivity (Wildman–Crippen MR) is 110 cm³/mol. The highest BCUT2D eigenvalue weighted by atomic mass is 16.7. The first kappa shape index (κ1) is 19.3. The molecule has 1 aliphatic heterocycles. The number of ketones is 1. The van der Waals surface area contributed by atoms with Gasteiger partial charge in [-0.1, -0.05) is 18.2 Å². The van der Waals surface area contributed by atoms with Crippen molar-refractivity contribution in [2.45, 2.75) is 0 Å². The number of hydrogen-bond donors (Lipinski definition) is 0. The van der Waals surface area contributed by atoms with Crippen LogP contribution in [-0.2, 0) is 0 Å². The van der Waals surface area contributed by atoms with Crippen LogP contribution in [0.25, 0.3) is 6.08 Å². The Balaban J connectivity index is 1.41. The monoisotopic (exact) mass is 402 g/mol. The van der Waals surface area contributed by atoms with Gasteiger partial charge in [0.2, 0.25) is 6.79 Å². The van der Waals surface area contributed by atoms with Gasteiger partial charge in [-0.25, -0.2) is 4.79 Å². The van der Waals surface area contributed by atoms with Crippen LogP contribution in [-0.4, -0.2) is 25.7 Å². The van der Waals surface area contributed by atoms with Crippen LogP contribution >= 0.6 is 0 Å². The molecule has 0 atom stereocenters. The van der Waals surface area contributed by atoms with E-state index in [2.05, 4.69) is 0 Å². The molecule has 6 heteroatoms. The Labute approximate surface area is 173 Å². The van der Waals surface area contributed by atoms with Gasteiger partial charge in [0.1, 0.15) is 11.5 Å². The van der Waals surface area contributed by atoms with E-state index in [-0.39, 0.29) is 12.6 Å². The topological polar surface area (TPSA) is 71.1 Å². The van der Waals surface area contributed by atoms with Crippen LogP contribution in [0.1, 0.15) is 26.3 Å². The minimum Gasteiger partial charge on any atom is -0.496 e. The maximum atomic E-state index is 12.4. The lowest BCUT2D eigenvalue weighted by Gasteiger charge is -2.06. The summed E-state index contributed by atoms with van der Waals surface area (Å²) in [5, 5.41) is 0. The second kappa shape index (κ2) is 8.53. The average Bonchev–Trinajstić information content (AvgIpc) is 3.26. The van der Waals surface area contributed by atoms with Gasteiger partial charge in [-0.15, -0.1) is 0 Å². The highest BCUT2D eigenvalue weighted by Gasteiger charge is 2.17. The van der Waals surface area contributed by atoms with E-state index in [1.165, 1.54) is 6.08 Å². The summed E-state index contributed by atoms with van der Waals surface area (Å²) in [5.74, 6) is 1.43. The van der Waals surface area contributed by atoms with E-state index in [9.17, 15) is 9.59 Å². The van der Waals surface area contributed by atoms with Gasteiger partial charge in [0, 0.05) is 11.1 Å². The number of allylic oxidation sites excluding steroid dienone is 1. The smallest absolute Gasteiger partial charge is 0.343 e. The molecule has 1 aliphatic rings. The van der Waals surface area contributed by atoms with Crippen LogP contribution in [0, 0.1) is 0 Å². The van der Waals surface area contributed by atoms with Crippen LogP contribution in [0.5, 0.6) is 23.0 Å². The summed E-state index contributed by atoms with van der Waals surface area (Å²) >= 11 is 0. The normalized spacial score (nSPS) is 12.0. The van der Waals surface area contributed by atoms with Gasteiger partial charge >= 0.3 is 5.97 Å². The Morgan fingerprint density at radius 2 is 1.63 bits per heavy atom. The number of rotatable bonds is 6. The molecular formula is C24H18O6. The number of benzene rings is 3. The molecule has 0 saturated heterocycles. The van der Waals surface area contributed by atoms with Gasteiger partial charge < -0.3 is 18.9 Å². The zero-order chi connectivity index (χ0) is 20.9. The molecule has 6 nitrogen and oxygen atoms in total. The summed E-state index contributed by atoms with van der Waals surface area (Å²) in [5.41, 5.74) is 1.63. The fourth-order valence-electron chi connectivity index (χ4n) is 2.94. The first-order chi connectivity index (χ1) is 14.6. The molecule has 0 aromatic heterocycles. The Hall–Kier alpha value is -4.06. The van der Waals surface area contributed by atoms with Crippen molar-refractivity contribution < 1.29 is 28.5 Å². The van der Waals surface area contributed by atoms with Crippen molar-refractivity contribution in [3.63, 3.8) is 0 Å². The third-order valence-corrected chi connectivity index (χ3v) is 4.51. The molecule has 0 fully saturated rings. The Morgan fingerprint density at radius 1 is 0.900 bits per heavy atom. The van der Waals surface area contributed by atoms with Crippen LogP contribution < -0.4 is 18.9 Å². The largest absolute Gasteiger partial charge is 0.496 e. The van der Waals surface area contributed by atoms with Crippen molar-refractivity contribution >= 4 is 17.8 Å². The number of methoxy groups -OCH3 is 1. The Morgan fingerprint density at radius 3 is 2.43 bits per heavy atom. The molecule has 0 spiro atoms. The van der Waals surface area contributed by atoms with Crippen LogP contribution in [0.15, 0.2) is 72.8 Å². The number of hydrogen-bond acceptors (Lipinski definition) is 6. The fraction of sp³-hybridized carbons (Fsp3) is 0.0833. The van der Waals surface area contributed by atoms with Crippen molar-refractivity contribution in [2.24, 2.45) is 0 Å². The van der Waals surface area contributed by atoms with Crippen molar-refractivity contribution in [1.82, 2.24) is 0 Å². The molecule has 4 rings (SSSR count). The summed E-state index contributed by atoms with van der Waals surface area (Å²) in [7, 11) is 1.58. The van der Waals surface area contributed by atoms with Crippen LogP contribution in [0.2, 0.25) is 0 Å². The summed E-state index contributed by atoms with van der Waals surface area (Å²) in [6.07, 6.45) is 3.18. The maximum absolute atomic E-state index is 12.4. The fourth-order valence-corrected chi connectivity index (χ4v) is 2.94. The number of ether oxygens (including phenoxy) is 4. The molecule has 0 aliphatic carbocycles. The third kappa shape index (κ3) is 4.17. The first-order valence-electron chi connectivity index (χ1n) is 9.21. The van der Waals surface area contributed by atoms with Gasteiger partial charge in [0.05, 0.1) is 12.7 Å². The first-order valence-corrected chi connectivity index (χ1v) is 9.21. The molecule has 1 heterocycles. The van der Waals surface area contributed by atoms with E-state index in [1.54, 1.807) is 55.7 Å². The number of fused-ring (bicyclic) bond motifs is 1. The molecule has 3 aromatic carbocycles. The minimum absolute atomic E-state index is 0.134. The van der Waals surface area contributed by atoms with Crippen LogP contribution in [0.4, 0.5) is 0 Å². The lowest BCUT2D eigenvalue weighted by atomic mass is 10.1. The molecule has 0 unspecified atom stereocenters. The second-order valence-electron chi connectivity index (χ2n) is 6.42. The lowest BCUT2D eigenvalue weighted by Crippen LogP contribution is -2.08. The summed E-state index contributed by atoms with van der Waals surface area (Å²) in [6, 6.07) is 18.6. The maximum Gasteiger partial charge on any atom is 0.343 e. The SMILES string of the molecule is COc1ccccc1/C=C/C(=O)c1ccc(OC(=O)c2ccc3c(c2)OCO3)cc1. The molecule has 0 amide bonds. The molecular weight excluding hydrogens is 384 g/mol. The summed E-state index contributed by atoms with van der Waals surface area (Å²) in [6.45, 7) is 0.134. The zero-order valence-electron chi connectivity index (χ0n) is 16.2. The Bertz CT molecular complexity index is 1110. The molecule has 0 saturated carbocycles. The number of carbonyl (C=O) groups is 2. The molecule has 0 radical (unpaired) electrons. The summed E-state index contributed by atoms with van der Waals surface area (Å²) in [4.78, 5) is 24.8. The Kier molecular flexibility index (Phi) is 5.48. The van der Waals surface area contributed by atoms with Gasteiger partial charge in [0.25, 0.3) is 0 Å².